The number of aliphatic hydroxyl groups is 1. The molecule has 0 radical (unpaired) electrons. The largest absolute Gasteiger partial charge is 0.497 e. The molecule has 0 bridgehead atoms. The predicted molar refractivity (Wildman–Crippen MR) is 205 cm³/mol. The van der Waals surface area contributed by atoms with Gasteiger partial charge in [-0.1, -0.05) is 100 Å². The number of ether oxygens (including phenoxy) is 8. The van der Waals surface area contributed by atoms with Gasteiger partial charge in [-0.3, -0.25) is 0 Å². The van der Waals surface area contributed by atoms with E-state index in [9.17, 15) is 14.7 Å². The zero-order valence-electron chi connectivity index (χ0n) is 32.7. The molecule has 1 heterocycles. The Balaban J connectivity index is 1.98. The minimum Gasteiger partial charge on any atom is -0.497 e. The summed E-state index contributed by atoms with van der Waals surface area (Å²) in [6, 6.07) is 17.4. The fourth-order valence-electron chi connectivity index (χ4n) is 6.17. The minimum atomic E-state index is -1.66. The first-order valence-electron chi connectivity index (χ1n) is 18.3. The van der Waals surface area contributed by atoms with Crippen molar-refractivity contribution in [2.75, 3.05) is 34.7 Å². The molecule has 0 amide bonds. The number of aliphatic hydroxyl groups excluding tert-OH is 1. The molecule has 0 spiro atoms. The molecule has 11 nitrogen and oxygen atoms in total. The standard InChI is InChI=1S/C43H58O11/c1-8-9-10-11-15-19-39(45)53-41-35(27-40(46)48-6)26-37(54-43(41,49-7)42(3,4)24-16-25-44)28-38(51-30-34-20-22-36(47-5)23-21-34)32(2)52-31-50-29-33-17-13-12-14-18-33/h10-24,27,32,37-38,41,44H,8-9,25-26,28-31H2,1-7H3/t32-,37+,38-,41+,43-/m1/s1. The third-order valence-corrected chi connectivity index (χ3v) is 9.17. The molecule has 2 aromatic carbocycles. The van der Waals surface area contributed by atoms with Gasteiger partial charge in [-0.05, 0) is 48.6 Å². The summed E-state index contributed by atoms with van der Waals surface area (Å²) in [5.74, 6) is -2.21. The van der Waals surface area contributed by atoms with Gasteiger partial charge in [0, 0.05) is 31.1 Å². The summed E-state index contributed by atoms with van der Waals surface area (Å²) in [7, 11) is 4.36. The van der Waals surface area contributed by atoms with E-state index < -0.39 is 47.6 Å². The SMILES string of the molecule is CCCC=CC=CC(=O)O[C@H]1C(=CC(=O)OC)C[C@@H](C[C@@H](OCc2ccc(OC)cc2)[C@@H](C)OCOCc2ccccc2)O[C@@]1(OC)C(C)(C)C=CCO. The van der Waals surface area contributed by atoms with Crippen LogP contribution in [-0.2, 0) is 56.0 Å². The van der Waals surface area contributed by atoms with Gasteiger partial charge in [0.15, 0.2) is 6.10 Å². The zero-order chi connectivity index (χ0) is 39.4. The van der Waals surface area contributed by atoms with Gasteiger partial charge in [0.1, 0.15) is 12.5 Å². The fourth-order valence-corrected chi connectivity index (χ4v) is 6.17. The van der Waals surface area contributed by atoms with Crippen molar-refractivity contribution in [3.63, 3.8) is 0 Å². The summed E-state index contributed by atoms with van der Waals surface area (Å²) >= 11 is 0. The van der Waals surface area contributed by atoms with Crippen LogP contribution in [0, 0.1) is 5.41 Å². The monoisotopic (exact) mass is 750 g/mol. The first-order chi connectivity index (χ1) is 26.0. The Labute approximate surface area is 320 Å². The van der Waals surface area contributed by atoms with Crippen LogP contribution in [0.4, 0.5) is 0 Å². The van der Waals surface area contributed by atoms with Crippen molar-refractivity contribution in [3.8, 4) is 5.75 Å². The third-order valence-electron chi connectivity index (χ3n) is 9.17. The van der Waals surface area contributed by atoms with Crippen LogP contribution in [0.5, 0.6) is 5.75 Å². The molecule has 54 heavy (non-hydrogen) atoms. The van der Waals surface area contributed by atoms with E-state index in [-0.39, 0.29) is 26.4 Å². The second-order valence-electron chi connectivity index (χ2n) is 13.5. The highest BCUT2D eigenvalue weighted by molar-refractivity contribution is 5.84. The Kier molecular flexibility index (Phi) is 18.8. The molecule has 1 fully saturated rings. The molecule has 5 atom stereocenters. The lowest BCUT2D eigenvalue weighted by Crippen LogP contribution is -2.63. The van der Waals surface area contributed by atoms with Gasteiger partial charge >= 0.3 is 11.9 Å². The molecular weight excluding hydrogens is 692 g/mol. The van der Waals surface area contributed by atoms with E-state index >= 15 is 0 Å². The lowest BCUT2D eigenvalue weighted by atomic mass is 9.74. The molecule has 1 saturated heterocycles. The maximum Gasteiger partial charge on any atom is 0.331 e. The van der Waals surface area contributed by atoms with Crippen molar-refractivity contribution in [1.29, 1.82) is 0 Å². The average Bonchev–Trinajstić information content (AvgIpc) is 3.18. The quantitative estimate of drug-likeness (QED) is 0.0328. The Bertz CT molecular complexity index is 1530. The van der Waals surface area contributed by atoms with Crippen LogP contribution in [0.25, 0.3) is 0 Å². The van der Waals surface area contributed by atoms with Gasteiger partial charge in [0.05, 0.1) is 52.4 Å². The van der Waals surface area contributed by atoms with Crippen molar-refractivity contribution in [1.82, 2.24) is 0 Å². The molecule has 2 aromatic rings. The van der Waals surface area contributed by atoms with Crippen LogP contribution in [0.1, 0.15) is 64.5 Å². The van der Waals surface area contributed by atoms with E-state index in [4.69, 9.17) is 37.9 Å². The number of hydrogen-bond donors (Lipinski definition) is 1. The lowest BCUT2D eigenvalue weighted by molar-refractivity contribution is -0.338. The number of hydrogen-bond acceptors (Lipinski definition) is 11. The zero-order valence-corrected chi connectivity index (χ0v) is 32.7. The smallest absolute Gasteiger partial charge is 0.331 e. The second-order valence-corrected chi connectivity index (χ2v) is 13.5. The number of carbonyl (C=O) groups is 2. The number of benzene rings is 2. The van der Waals surface area contributed by atoms with E-state index in [2.05, 4.69) is 6.92 Å². The van der Waals surface area contributed by atoms with E-state index in [1.807, 2.05) is 81.4 Å². The highest BCUT2D eigenvalue weighted by Crippen LogP contribution is 2.48. The third kappa shape index (κ3) is 13.3. The normalized spacial score (nSPS) is 21.1. The molecule has 3 rings (SSSR count). The van der Waals surface area contributed by atoms with Gasteiger partial charge in [-0.15, -0.1) is 0 Å². The number of esters is 2. The summed E-state index contributed by atoms with van der Waals surface area (Å²) in [6.07, 6.45) is 10.8. The molecule has 1 N–H and O–H groups in total. The highest BCUT2D eigenvalue weighted by Gasteiger charge is 2.59. The Morgan fingerprint density at radius 2 is 1.69 bits per heavy atom. The fraction of sp³-hybridized carbons (Fsp3) is 0.488. The average molecular weight is 751 g/mol. The Hall–Kier alpha value is -4.10. The molecular formula is C43H58O11. The van der Waals surface area contributed by atoms with Crippen molar-refractivity contribution in [2.45, 2.75) is 96.8 Å². The van der Waals surface area contributed by atoms with E-state index in [1.54, 1.807) is 31.4 Å². The molecule has 0 saturated carbocycles. The van der Waals surface area contributed by atoms with Crippen LogP contribution in [0.3, 0.4) is 0 Å². The molecule has 0 unspecified atom stereocenters. The van der Waals surface area contributed by atoms with E-state index in [0.717, 1.165) is 29.7 Å². The van der Waals surface area contributed by atoms with Gasteiger partial charge in [0.25, 0.3) is 0 Å². The van der Waals surface area contributed by atoms with Crippen molar-refractivity contribution >= 4 is 11.9 Å². The number of rotatable bonds is 22. The van der Waals surface area contributed by atoms with Crippen molar-refractivity contribution < 1.29 is 52.6 Å². The molecule has 1 aliphatic heterocycles. The lowest BCUT2D eigenvalue weighted by Gasteiger charge is -2.53. The van der Waals surface area contributed by atoms with E-state index in [1.165, 1.54) is 26.4 Å². The van der Waals surface area contributed by atoms with Crippen molar-refractivity contribution in [3.05, 3.63) is 114 Å². The van der Waals surface area contributed by atoms with Gasteiger partial charge in [0.2, 0.25) is 5.79 Å². The van der Waals surface area contributed by atoms with Crippen LogP contribution in [0.2, 0.25) is 0 Å². The molecule has 11 heteroatoms. The number of methoxy groups -OCH3 is 3. The van der Waals surface area contributed by atoms with Gasteiger partial charge in [-0.25, -0.2) is 9.59 Å². The summed E-state index contributed by atoms with van der Waals surface area (Å²) < 4.78 is 48.1. The minimum absolute atomic E-state index is 0.0254. The maximum absolute atomic E-state index is 13.3. The summed E-state index contributed by atoms with van der Waals surface area (Å²) in [5.41, 5.74) is 1.37. The maximum atomic E-state index is 13.3. The molecule has 0 aromatic heterocycles. The highest BCUT2D eigenvalue weighted by atomic mass is 16.7. The van der Waals surface area contributed by atoms with Crippen LogP contribution in [-0.4, -0.2) is 82.0 Å². The number of carbonyl (C=O) groups excluding carboxylic acids is 2. The van der Waals surface area contributed by atoms with Crippen LogP contribution >= 0.6 is 0 Å². The molecule has 296 valence electrons. The Morgan fingerprint density at radius 3 is 2.33 bits per heavy atom. The summed E-state index contributed by atoms with van der Waals surface area (Å²) in [6.45, 7) is 8.10. The topological polar surface area (TPSA) is 128 Å². The van der Waals surface area contributed by atoms with Crippen LogP contribution < -0.4 is 4.74 Å². The summed E-state index contributed by atoms with van der Waals surface area (Å²) in [5, 5.41) is 9.74. The molecule has 1 aliphatic rings. The second kappa shape index (κ2) is 23.0. The van der Waals surface area contributed by atoms with Gasteiger partial charge in [-0.2, -0.15) is 0 Å². The number of unbranched alkanes of at least 4 members (excludes halogenated alkanes) is 1. The predicted octanol–water partition coefficient (Wildman–Crippen LogP) is 7.18. The molecule has 0 aliphatic carbocycles. The first-order valence-corrected chi connectivity index (χ1v) is 18.3. The van der Waals surface area contributed by atoms with Gasteiger partial charge < -0.3 is 43.0 Å². The first kappa shape index (κ1) is 44.3. The van der Waals surface area contributed by atoms with E-state index in [0.29, 0.717) is 18.6 Å². The summed E-state index contributed by atoms with van der Waals surface area (Å²) in [4.78, 5) is 26.1. The van der Waals surface area contributed by atoms with Crippen LogP contribution in [0.15, 0.2) is 103 Å². The Morgan fingerprint density at radius 1 is 0.963 bits per heavy atom. The van der Waals surface area contributed by atoms with Crippen molar-refractivity contribution in [2.24, 2.45) is 5.41 Å². The number of allylic oxidation sites excluding steroid dienone is 3.